The van der Waals surface area contributed by atoms with E-state index in [0.717, 1.165) is 122 Å². The highest BCUT2D eigenvalue weighted by molar-refractivity contribution is 5.71. The predicted octanol–water partition coefficient (Wildman–Crippen LogP) is 16.1. The summed E-state index contributed by atoms with van der Waals surface area (Å²) in [4.78, 5) is 37.9. The summed E-state index contributed by atoms with van der Waals surface area (Å²) in [5, 5.41) is 0. The summed E-state index contributed by atoms with van der Waals surface area (Å²) < 4.78 is 16.7. The van der Waals surface area contributed by atoms with Crippen molar-refractivity contribution in [3.63, 3.8) is 0 Å². The Bertz CT molecular complexity index is 1350. The fourth-order valence-electron chi connectivity index (χ4n) is 6.13. The van der Waals surface area contributed by atoms with Crippen molar-refractivity contribution >= 4 is 17.9 Å². The van der Waals surface area contributed by atoms with E-state index in [1.54, 1.807) is 0 Å². The first kappa shape index (κ1) is 57.8. The molecular weight excluding hydrogens is 769 g/mol. The Morgan fingerprint density at radius 2 is 0.613 bits per heavy atom. The van der Waals surface area contributed by atoms with Crippen LogP contribution in [0, 0.1) is 0 Å². The van der Waals surface area contributed by atoms with Crippen LogP contribution in [-0.2, 0) is 28.6 Å². The number of unbranched alkanes of at least 4 members (excludes halogenated alkanes) is 11. The fraction of sp³-hybridized carbons (Fsp3) is 0.589. The van der Waals surface area contributed by atoms with Crippen molar-refractivity contribution in [1.29, 1.82) is 0 Å². The summed E-state index contributed by atoms with van der Waals surface area (Å²) in [6, 6.07) is 0. The quantitative estimate of drug-likeness (QED) is 0.0263. The molecule has 0 aliphatic heterocycles. The van der Waals surface area contributed by atoms with Gasteiger partial charge in [-0.25, -0.2) is 0 Å². The summed E-state index contributed by atoms with van der Waals surface area (Å²) in [5.41, 5.74) is 0. The number of hydrogen-bond acceptors (Lipinski definition) is 6. The van der Waals surface area contributed by atoms with E-state index in [-0.39, 0.29) is 44.0 Å². The molecule has 0 aromatic rings. The van der Waals surface area contributed by atoms with Gasteiger partial charge in [0.25, 0.3) is 0 Å². The van der Waals surface area contributed by atoms with E-state index in [1.165, 1.54) is 25.7 Å². The van der Waals surface area contributed by atoms with E-state index in [0.29, 0.717) is 12.8 Å². The van der Waals surface area contributed by atoms with Crippen LogP contribution in [0.25, 0.3) is 0 Å². The molecule has 0 aromatic carbocycles. The summed E-state index contributed by atoms with van der Waals surface area (Å²) in [6.45, 7) is 6.19. The minimum atomic E-state index is -0.825. The van der Waals surface area contributed by atoms with Gasteiger partial charge in [-0.1, -0.05) is 187 Å². The Hall–Kier alpha value is -4.19. The number of hydrogen-bond donors (Lipinski definition) is 0. The normalized spacial score (nSPS) is 13.1. The Balaban J connectivity index is 4.56. The van der Waals surface area contributed by atoms with Gasteiger partial charge in [0.15, 0.2) is 6.10 Å². The topological polar surface area (TPSA) is 78.9 Å². The predicted molar refractivity (Wildman–Crippen MR) is 265 cm³/mol. The molecule has 6 heteroatoms. The van der Waals surface area contributed by atoms with Crippen molar-refractivity contribution in [2.45, 2.75) is 200 Å². The summed E-state index contributed by atoms with van der Waals surface area (Å²) in [5.74, 6) is -1.05. The molecule has 0 aliphatic carbocycles. The van der Waals surface area contributed by atoms with Crippen LogP contribution in [-0.4, -0.2) is 37.2 Å². The van der Waals surface area contributed by atoms with Gasteiger partial charge < -0.3 is 14.2 Å². The molecule has 0 rings (SSSR count). The number of rotatable bonds is 42. The first-order chi connectivity index (χ1) is 30.5. The maximum Gasteiger partial charge on any atom is 0.306 e. The van der Waals surface area contributed by atoms with Crippen molar-refractivity contribution in [1.82, 2.24) is 0 Å². The van der Waals surface area contributed by atoms with Gasteiger partial charge in [-0.05, 0) is 109 Å². The highest BCUT2D eigenvalue weighted by Gasteiger charge is 2.19. The number of ether oxygens (including phenoxy) is 3. The molecule has 0 saturated carbocycles. The van der Waals surface area contributed by atoms with Crippen LogP contribution in [0.3, 0.4) is 0 Å². The van der Waals surface area contributed by atoms with Crippen molar-refractivity contribution in [2.75, 3.05) is 13.2 Å². The van der Waals surface area contributed by atoms with Gasteiger partial charge in [0.2, 0.25) is 0 Å². The van der Waals surface area contributed by atoms with Crippen LogP contribution in [0.15, 0.2) is 122 Å². The van der Waals surface area contributed by atoms with Gasteiger partial charge in [0, 0.05) is 19.3 Å². The number of carbonyl (C=O) groups is 3. The van der Waals surface area contributed by atoms with Crippen LogP contribution in [0.2, 0.25) is 0 Å². The lowest BCUT2D eigenvalue weighted by Crippen LogP contribution is -2.30. The second-order valence-electron chi connectivity index (χ2n) is 15.6. The van der Waals surface area contributed by atoms with E-state index in [9.17, 15) is 14.4 Å². The third kappa shape index (κ3) is 46.9. The Labute approximate surface area is 380 Å². The molecule has 0 heterocycles. The zero-order chi connectivity index (χ0) is 45.1. The molecule has 0 fully saturated rings. The molecule has 0 aromatic heterocycles. The molecule has 0 amide bonds. The summed E-state index contributed by atoms with van der Waals surface area (Å²) >= 11 is 0. The molecule has 62 heavy (non-hydrogen) atoms. The first-order valence-corrected chi connectivity index (χ1v) is 24.5. The van der Waals surface area contributed by atoms with Gasteiger partial charge in [-0.2, -0.15) is 0 Å². The maximum absolute atomic E-state index is 12.8. The van der Waals surface area contributed by atoms with Crippen molar-refractivity contribution in [3.8, 4) is 0 Å². The van der Waals surface area contributed by atoms with Crippen molar-refractivity contribution < 1.29 is 28.6 Å². The Kier molecular flexibility index (Phi) is 46.1. The molecule has 0 aliphatic rings. The second kappa shape index (κ2) is 49.5. The molecule has 0 radical (unpaired) electrons. The van der Waals surface area contributed by atoms with Crippen LogP contribution in [0.1, 0.15) is 194 Å². The number of esters is 3. The van der Waals surface area contributed by atoms with Crippen LogP contribution in [0.4, 0.5) is 0 Å². The highest BCUT2D eigenvalue weighted by Crippen LogP contribution is 2.12. The van der Waals surface area contributed by atoms with Crippen molar-refractivity contribution in [3.05, 3.63) is 122 Å². The van der Waals surface area contributed by atoms with Crippen LogP contribution < -0.4 is 0 Å². The third-order valence-electron chi connectivity index (χ3n) is 9.71. The summed E-state index contributed by atoms with van der Waals surface area (Å²) in [6.07, 6.45) is 67.6. The standard InChI is InChI=1S/C56H88O6/c1-4-7-10-13-16-19-22-25-28-29-32-34-37-40-43-46-49-55(58)61-52-53(62-56(59)50-47-44-41-38-35-31-27-24-21-18-15-12-9-6-3)51-60-54(57)48-45-42-39-36-33-30-26-23-20-17-14-11-8-5-2/h7-12,16-21,25,27-28,31-32,34,40,43,53H,4-6,13-15,22-24,26,29-30,33,35-39,41-42,44-52H2,1-3H3/b10-7-,11-8-,12-9-,19-16-,20-17-,21-18-,28-25-,31-27-,34-32-,43-40-. The molecule has 0 bridgehead atoms. The van der Waals surface area contributed by atoms with Crippen LogP contribution in [0.5, 0.6) is 0 Å². The molecule has 1 atom stereocenters. The zero-order valence-electron chi connectivity index (χ0n) is 39.6. The lowest BCUT2D eigenvalue weighted by atomic mass is 10.1. The smallest absolute Gasteiger partial charge is 0.306 e. The Morgan fingerprint density at radius 3 is 1.00 bits per heavy atom. The zero-order valence-corrected chi connectivity index (χ0v) is 39.6. The largest absolute Gasteiger partial charge is 0.462 e. The Morgan fingerprint density at radius 1 is 0.323 bits per heavy atom. The molecule has 6 nitrogen and oxygen atoms in total. The van der Waals surface area contributed by atoms with Gasteiger partial charge in [-0.15, -0.1) is 0 Å². The SMILES string of the molecule is CC/C=C\C/C=C\C/C=C\C/C=C\C/C=C\CCC(=O)OCC(COC(=O)CCCCCCCCC/C=C\C/C=C\CC)OC(=O)CCCCCC/C=C\C/C=C\C/C=C\CC. The first-order valence-electron chi connectivity index (χ1n) is 24.5. The average Bonchev–Trinajstić information content (AvgIpc) is 3.27. The number of carbonyl (C=O) groups excluding carboxylic acids is 3. The van der Waals surface area contributed by atoms with E-state index in [2.05, 4.69) is 130 Å². The third-order valence-corrected chi connectivity index (χ3v) is 9.71. The minimum Gasteiger partial charge on any atom is -0.462 e. The highest BCUT2D eigenvalue weighted by atomic mass is 16.6. The monoisotopic (exact) mass is 857 g/mol. The molecule has 1 unspecified atom stereocenters. The minimum absolute atomic E-state index is 0.118. The van der Waals surface area contributed by atoms with E-state index in [1.807, 2.05) is 12.2 Å². The van der Waals surface area contributed by atoms with Gasteiger partial charge in [0.05, 0.1) is 0 Å². The lowest BCUT2D eigenvalue weighted by molar-refractivity contribution is -0.166. The number of allylic oxidation sites excluding steroid dienone is 20. The average molecular weight is 857 g/mol. The summed E-state index contributed by atoms with van der Waals surface area (Å²) in [7, 11) is 0. The van der Waals surface area contributed by atoms with E-state index >= 15 is 0 Å². The van der Waals surface area contributed by atoms with Gasteiger partial charge in [0.1, 0.15) is 13.2 Å². The second-order valence-corrected chi connectivity index (χ2v) is 15.6. The molecule has 0 spiro atoms. The fourth-order valence-corrected chi connectivity index (χ4v) is 6.13. The van der Waals surface area contributed by atoms with E-state index in [4.69, 9.17) is 14.2 Å². The van der Waals surface area contributed by atoms with Gasteiger partial charge >= 0.3 is 17.9 Å². The maximum atomic E-state index is 12.8. The van der Waals surface area contributed by atoms with Gasteiger partial charge in [-0.3, -0.25) is 14.4 Å². The lowest BCUT2D eigenvalue weighted by Gasteiger charge is -2.18. The van der Waals surface area contributed by atoms with E-state index < -0.39 is 6.10 Å². The van der Waals surface area contributed by atoms with Crippen molar-refractivity contribution in [2.24, 2.45) is 0 Å². The molecule has 348 valence electrons. The van der Waals surface area contributed by atoms with Crippen LogP contribution >= 0.6 is 0 Å². The molecule has 0 N–H and O–H groups in total. The molecule has 0 saturated heterocycles. The molecular formula is C56H88O6.